The van der Waals surface area contributed by atoms with Crippen LogP contribution in [-0.2, 0) is 13.2 Å². The molecule has 0 spiro atoms. The van der Waals surface area contributed by atoms with Crippen molar-refractivity contribution in [3.63, 3.8) is 0 Å². The fourth-order valence-electron chi connectivity index (χ4n) is 3.16. The third-order valence-electron chi connectivity index (χ3n) is 4.46. The molecule has 1 aromatic carbocycles. The molecule has 140 valence electrons. The third kappa shape index (κ3) is 2.95. The molecule has 28 heavy (non-hydrogen) atoms. The maximum absolute atomic E-state index is 13.3. The van der Waals surface area contributed by atoms with Gasteiger partial charge in [0.2, 0.25) is 0 Å². The minimum absolute atomic E-state index is 0.0973. The van der Waals surface area contributed by atoms with Crippen LogP contribution in [0, 0.1) is 0 Å². The Hall–Kier alpha value is -3.78. The Labute approximate surface area is 158 Å². The average molecular weight is 376 g/mol. The van der Waals surface area contributed by atoms with E-state index in [2.05, 4.69) is 9.97 Å². The first-order chi connectivity index (χ1) is 13.6. The lowest BCUT2D eigenvalue weighted by atomic mass is 10.2. The molecule has 0 aliphatic rings. The molecule has 0 unspecified atom stereocenters. The van der Waals surface area contributed by atoms with Gasteiger partial charge >= 0.3 is 5.69 Å². The summed E-state index contributed by atoms with van der Waals surface area (Å²) >= 11 is 0. The van der Waals surface area contributed by atoms with Gasteiger partial charge in [-0.25, -0.2) is 14.3 Å². The Morgan fingerprint density at radius 3 is 2.64 bits per heavy atom. The van der Waals surface area contributed by atoms with Crippen LogP contribution in [0.4, 0.5) is 0 Å². The number of nitrogens with one attached hydrogen (secondary N) is 1. The molecule has 0 fully saturated rings. The van der Waals surface area contributed by atoms with E-state index in [0.717, 1.165) is 4.57 Å². The van der Waals surface area contributed by atoms with Crippen LogP contribution in [0.1, 0.15) is 11.3 Å². The number of rotatable bonds is 4. The molecular formula is C20H16N4O4. The van der Waals surface area contributed by atoms with E-state index in [1.54, 1.807) is 36.4 Å². The standard InChI is InChI=1S/C20H16N4O4/c25-12-13-4-1-2-6-17(13)24-18-16(5-3-8-22-18)19(27)23(20(24)28)11-14-10-15(26)7-9-21-14/h1-10,25H,11-12H2,(H,21,26). The summed E-state index contributed by atoms with van der Waals surface area (Å²) in [5.41, 5.74) is 0.254. The molecule has 2 N–H and O–H groups in total. The number of aliphatic hydroxyl groups is 1. The van der Waals surface area contributed by atoms with Crippen molar-refractivity contribution in [1.29, 1.82) is 0 Å². The van der Waals surface area contributed by atoms with Crippen molar-refractivity contribution in [3.8, 4) is 5.69 Å². The van der Waals surface area contributed by atoms with Crippen LogP contribution in [-0.4, -0.2) is 24.2 Å². The maximum atomic E-state index is 13.3. The highest BCUT2D eigenvalue weighted by molar-refractivity contribution is 5.75. The first kappa shape index (κ1) is 17.6. The number of aromatic amines is 1. The molecule has 3 aromatic heterocycles. The van der Waals surface area contributed by atoms with Crippen LogP contribution < -0.4 is 16.7 Å². The number of pyridine rings is 2. The van der Waals surface area contributed by atoms with Gasteiger partial charge in [-0.15, -0.1) is 0 Å². The molecule has 8 heteroatoms. The SMILES string of the molecule is O=c1cc[nH]c(Cn2c(=O)c3cccnc3n(-c3ccccc3CO)c2=O)c1. The molecule has 0 saturated heterocycles. The van der Waals surface area contributed by atoms with Crippen LogP contribution >= 0.6 is 0 Å². The second kappa shape index (κ2) is 7.09. The van der Waals surface area contributed by atoms with Crippen LogP contribution in [0.2, 0.25) is 0 Å². The van der Waals surface area contributed by atoms with Gasteiger partial charge in [0.25, 0.3) is 5.56 Å². The average Bonchev–Trinajstić information content (AvgIpc) is 2.72. The Morgan fingerprint density at radius 2 is 1.86 bits per heavy atom. The maximum Gasteiger partial charge on any atom is 0.337 e. The number of benzene rings is 1. The topological polar surface area (TPSA) is 110 Å². The summed E-state index contributed by atoms with van der Waals surface area (Å²) in [7, 11) is 0. The fourth-order valence-corrected chi connectivity index (χ4v) is 3.16. The van der Waals surface area contributed by atoms with Gasteiger partial charge in [-0.05, 0) is 18.2 Å². The smallest absolute Gasteiger partial charge is 0.337 e. The molecule has 0 bridgehead atoms. The second-order valence-corrected chi connectivity index (χ2v) is 6.22. The van der Waals surface area contributed by atoms with Gasteiger partial charge in [0.1, 0.15) is 0 Å². The Morgan fingerprint density at radius 1 is 1.04 bits per heavy atom. The van der Waals surface area contributed by atoms with E-state index in [0.29, 0.717) is 16.9 Å². The molecule has 0 amide bonds. The lowest BCUT2D eigenvalue weighted by molar-refractivity contribution is 0.281. The highest BCUT2D eigenvalue weighted by Gasteiger charge is 2.17. The predicted octanol–water partition coefficient (Wildman–Crippen LogP) is 0.776. The zero-order chi connectivity index (χ0) is 19.7. The largest absolute Gasteiger partial charge is 0.392 e. The Kier molecular flexibility index (Phi) is 4.46. The molecule has 0 radical (unpaired) electrons. The zero-order valence-electron chi connectivity index (χ0n) is 14.7. The van der Waals surface area contributed by atoms with Crippen molar-refractivity contribution in [1.82, 2.24) is 19.1 Å². The van der Waals surface area contributed by atoms with Crippen molar-refractivity contribution in [3.05, 3.63) is 103 Å². The number of hydrogen-bond acceptors (Lipinski definition) is 5. The van der Waals surface area contributed by atoms with Gasteiger partial charge in [-0.2, -0.15) is 0 Å². The number of fused-ring (bicyclic) bond motifs is 1. The van der Waals surface area contributed by atoms with E-state index >= 15 is 0 Å². The number of H-pyrrole nitrogens is 1. The van der Waals surface area contributed by atoms with E-state index in [-0.39, 0.29) is 29.6 Å². The highest BCUT2D eigenvalue weighted by atomic mass is 16.3. The van der Waals surface area contributed by atoms with E-state index in [9.17, 15) is 19.5 Å². The summed E-state index contributed by atoms with van der Waals surface area (Å²) in [5, 5.41) is 9.95. The molecule has 4 aromatic rings. The zero-order valence-corrected chi connectivity index (χ0v) is 14.7. The van der Waals surface area contributed by atoms with Crippen LogP contribution in [0.3, 0.4) is 0 Å². The summed E-state index contributed by atoms with van der Waals surface area (Å²) < 4.78 is 2.35. The molecule has 0 aliphatic heterocycles. The monoisotopic (exact) mass is 376 g/mol. The summed E-state index contributed by atoms with van der Waals surface area (Å²) in [4.78, 5) is 44.9. The summed E-state index contributed by atoms with van der Waals surface area (Å²) in [6.45, 7) is -0.373. The minimum atomic E-state index is -0.609. The first-order valence-electron chi connectivity index (χ1n) is 8.57. The number of para-hydroxylation sites is 1. The summed E-state index contributed by atoms with van der Waals surface area (Å²) in [6.07, 6.45) is 2.96. The molecule has 8 nitrogen and oxygen atoms in total. The van der Waals surface area contributed by atoms with Gasteiger partial charge < -0.3 is 10.1 Å². The molecule has 0 aliphatic carbocycles. The molecular weight excluding hydrogens is 360 g/mol. The van der Waals surface area contributed by atoms with Crippen LogP contribution in [0.15, 0.2) is 75.3 Å². The van der Waals surface area contributed by atoms with E-state index in [1.807, 2.05) is 0 Å². The highest BCUT2D eigenvalue weighted by Crippen LogP contribution is 2.16. The molecule has 0 atom stereocenters. The van der Waals surface area contributed by atoms with Crippen molar-refractivity contribution in [2.75, 3.05) is 0 Å². The predicted molar refractivity (Wildman–Crippen MR) is 104 cm³/mol. The van der Waals surface area contributed by atoms with Gasteiger partial charge in [0, 0.05) is 35.8 Å². The molecule has 0 saturated carbocycles. The second-order valence-electron chi connectivity index (χ2n) is 6.22. The van der Waals surface area contributed by atoms with E-state index < -0.39 is 11.2 Å². The van der Waals surface area contributed by atoms with Crippen molar-refractivity contribution in [2.45, 2.75) is 13.2 Å². The Balaban J connectivity index is 2.06. The van der Waals surface area contributed by atoms with E-state index in [1.165, 1.54) is 29.1 Å². The Bertz CT molecular complexity index is 1350. The molecule has 4 rings (SSSR count). The molecule has 3 heterocycles. The minimum Gasteiger partial charge on any atom is -0.392 e. The quantitative estimate of drug-likeness (QED) is 0.547. The van der Waals surface area contributed by atoms with Crippen molar-refractivity contribution < 1.29 is 5.11 Å². The van der Waals surface area contributed by atoms with Crippen molar-refractivity contribution >= 4 is 11.0 Å². The van der Waals surface area contributed by atoms with Crippen LogP contribution in [0.25, 0.3) is 16.7 Å². The number of aromatic nitrogens is 4. The third-order valence-corrected chi connectivity index (χ3v) is 4.46. The number of aliphatic hydroxyl groups excluding tert-OH is 1. The van der Waals surface area contributed by atoms with Gasteiger partial charge in [0.05, 0.1) is 24.2 Å². The summed E-state index contributed by atoms with van der Waals surface area (Å²) in [5.74, 6) is 0. The normalized spacial score (nSPS) is 11.0. The number of nitrogens with zero attached hydrogens (tertiary/aromatic N) is 3. The summed E-state index contributed by atoms with van der Waals surface area (Å²) in [6, 6.07) is 12.8. The first-order valence-corrected chi connectivity index (χ1v) is 8.57. The lowest BCUT2D eigenvalue weighted by Crippen LogP contribution is -2.40. The van der Waals surface area contributed by atoms with Gasteiger partial charge in [0.15, 0.2) is 11.1 Å². The van der Waals surface area contributed by atoms with E-state index in [4.69, 9.17) is 0 Å². The fraction of sp³-hybridized carbons (Fsp3) is 0.100. The lowest BCUT2D eigenvalue weighted by Gasteiger charge is -2.15. The van der Waals surface area contributed by atoms with Crippen molar-refractivity contribution in [2.24, 2.45) is 0 Å². The van der Waals surface area contributed by atoms with Gasteiger partial charge in [-0.1, -0.05) is 18.2 Å². The number of hydrogen-bond donors (Lipinski definition) is 2. The van der Waals surface area contributed by atoms with Gasteiger partial charge in [-0.3, -0.25) is 14.2 Å². The van der Waals surface area contributed by atoms with Crippen LogP contribution in [0.5, 0.6) is 0 Å².